The molecule has 0 atom stereocenters. The molecule has 0 saturated heterocycles. The van der Waals surface area contributed by atoms with Gasteiger partial charge in [-0.25, -0.2) is 4.98 Å². The Kier molecular flexibility index (Phi) is 6.59. The van der Waals surface area contributed by atoms with Gasteiger partial charge in [-0.3, -0.25) is 4.79 Å². The monoisotopic (exact) mass is 441 g/mol. The van der Waals surface area contributed by atoms with Crippen LogP contribution in [0.25, 0.3) is 10.6 Å². The highest BCUT2D eigenvalue weighted by molar-refractivity contribution is 8.00. The van der Waals surface area contributed by atoms with Gasteiger partial charge in [-0.15, -0.1) is 23.1 Å². The lowest BCUT2D eigenvalue weighted by Crippen LogP contribution is -2.07. The molecule has 0 unspecified atom stereocenters. The SMILES string of the molecule is COc1cccc(-c2nc(COC(=O)CSc3ccc4c(c3)CCC4)cs2)c1OC. The van der Waals surface area contributed by atoms with Crippen LogP contribution in [0.3, 0.4) is 0 Å². The fourth-order valence-corrected chi connectivity index (χ4v) is 5.11. The Bertz CT molecular complexity index is 1050. The van der Waals surface area contributed by atoms with Gasteiger partial charge in [0.2, 0.25) is 0 Å². The average molecular weight is 442 g/mol. The van der Waals surface area contributed by atoms with Crippen molar-refractivity contribution in [3.63, 3.8) is 0 Å². The molecule has 1 aliphatic carbocycles. The molecule has 0 bridgehead atoms. The first-order chi connectivity index (χ1) is 14.7. The molecule has 1 aliphatic rings. The number of hydrogen-bond acceptors (Lipinski definition) is 7. The van der Waals surface area contributed by atoms with Crippen molar-refractivity contribution < 1.29 is 19.0 Å². The van der Waals surface area contributed by atoms with E-state index in [1.165, 1.54) is 47.1 Å². The zero-order chi connectivity index (χ0) is 20.9. The van der Waals surface area contributed by atoms with Crippen molar-refractivity contribution >= 4 is 29.1 Å². The number of ether oxygens (including phenoxy) is 3. The summed E-state index contributed by atoms with van der Waals surface area (Å²) in [5.41, 5.74) is 4.42. The minimum Gasteiger partial charge on any atom is -0.493 e. The van der Waals surface area contributed by atoms with Crippen LogP contribution in [0.1, 0.15) is 23.2 Å². The van der Waals surface area contributed by atoms with Gasteiger partial charge in [0, 0.05) is 10.3 Å². The number of nitrogens with zero attached hydrogens (tertiary/aromatic N) is 1. The van der Waals surface area contributed by atoms with Gasteiger partial charge in [-0.2, -0.15) is 0 Å². The number of esters is 1. The molecule has 1 aromatic heterocycles. The van der Waals surface area contributed by atoms with Crippen LogP contribution in [0.15, 0.2) is 46.7 Å². The number of aryl methyl sites for hydroxylation is 2. The van der Waals surface area contributed by atoms with Gasteiger partial charge in [0.1, 0.15) is 11.6 Å². The van der Waals surface area contributed by atoms with Crippen LogP contribution in [-0.2, 0) is 29.0 Å². The predicted octanol–water partition coefficient (Wildman–Crippen LogP) is 5.15. The summed E-state index contributed by atoms with van der Waals surface area (Å²) in [5.74, 6) is 1.35. The number of methoxy groups -OCH3 is 2. The Labute approximate surface area is 184 Å². The zero-order valence-electron chi connectivity index (χ0n) is 17.0. The Balaban J connectivity index is 1.33. The van der Waals surface area contributed by atoms with Gasteiger partial charge in [0.15, 0.2) is 11.5 Å². The summed E-state index contributed by atoms with van der Waals surface area (Å²) in [7, 11) is 3.21. The number of carbonyl (C=O) groups excluding carboxylic acids is 1. The second-order valence-electron chi connectivity index (χ2n) is 6.92. The molecule has 3 aromatic rings. The molecule has 156 valence electrons. The van der Waals surface area contributed by atoms with Crippen molar-refractivity contribution in [3.8, 4) is 22.1 Å². The number of aromatic nitrogens is 1. The molecule has 0 amide bonds. The Morgan fingerprint density at radius 1 is 1.13 bits per heavy atom. The smallest absolute Gasteiger partial charge is 0.316 e. The first kappa shape index (κ1) is 20.8. The van der Waals surface area contributed by atoms with Gasteiger partial charge < -0.3 is 14.2 Å². The fraction of sp³-hybridized carbons (Fsp3) is 0.304. The standard InChI is InChI=1S/C23H23NO4S2/c1-26-20-8-4-7-19(22(20)27-2)23-24-17(13-30-23)12-28-21(25)14-29-18-10-9-15-5-3-6-16(15)11-18/h4,7-11,13H,3,5-6,12,14H2,1-2H3. The third kappa shape index (κ3) is 4.63. The maximum absolute atomic E-state index is 12.2. The number of rotatable bonds is 8. The molecule has 1 heterocycles. The van der Waals surface area contributed by atoms with Gasteiger partial charge in [0.05, 0.1) is 31.2 Å². The lowest BCUT2D eigenvalue weighted by atomic mass is 10.1. The van der Waals surface area contributed by atoms with Gasteiger partial charge in [0.25, 0.3) is 0 Å². The molecule has 0 radical (unpaired) electrons. The highest BCUT2D eigenvalue weighted by Gasteiger charge is 2.16. The fourth-order valence-electron chi connectivity index (χ4n) is 3.53. The van der Waals surface area contributed by atoms with E-state index in [4.69, 9.17) is 14.2 Å². The van der Waals surface area contributed by atoms with Crippen molar-refractivity contribution in [1.82, 2.24) is 4.98 Å². The van der Waals surface area contributed by atoms with Gasteiger partial charge in [-0.05, 0) is 54.7 Å². The Morgan fingerprint density at radius 3 is 2.83 bits per heavy atom. The molecule has 0 N–H and O–H groups in total. The summed E-state index contributed by atoms with van der Waals surface area (Å²) in [6.45, 7) is 0.159. The Hall–Kier alpha value is -2.51. The quantitative estimate of drug-likeness (QED) is 0.356. The summed E-state index contributed by atoms with van der Waals surface area (Å²) >= 11 is 3.00. The first-order valence-corrected chi connectivity index (χ1v) is 11.6. The molecule has 7 heteroatoms. The average Bonchev–Trinajstić information content (AvgIpc) is 3.44. The maximum Gasteiger partial charge on any atom is 0.316 e. The van der Waals surface area contributed by atoms with E-state index >= 15 is 0 Å². The van der Waals surface area contributed by atoms with Gasteiger partial charge in [-0.1, -0.05) is 12.1 Å². The Morgan fingerprint density at radius 2 is 2.00 bits per heavy atom. The van der Waals surface area contributed by atoms with Crippen LogP contribution < -0.4 is 9.47 Å². The van der Waals surface area contributed by atoms with Crippen LogP contribution in [0, 0.1) is 0 Å². The number of benzene rings is 2. The molecule has 5 nitrogen and oxygen atoms in total. The van der Waals surface area contributed by atoms with E-state index in [1.807, 2.05) is 23.6 Å². The van der Waals surface area contributed by atoms with Crippen LogP contribution in [-0.4, -0.2) is 30.9 Å². The largest absolute Gasteiger partial charge is 0.493 e. The van der Waals surface area contributed by atoms with Crippen LogP contribution in [0.2, 0.25) is 0 Å². The molecule has 30 heavy (non-hydrogen) atoms. The second-order valence-corrected chi connectivity index (χ2v) is 8.83. The highest BCUT2D eigenvalue weighted by atomic mass is 32.2. The van der Waals surface area contributed by atoms with Crippen LogP contribution in [0.4, 0.5) is 0 Å². The lowest BCUT2D eigenvalue weighted by Gasteiger charge is -2.10. The second kappa shape index (κ2) is 9.53. The minimum atomic E-state index is -0.242. The summed E-state index contributed by atoms with van der Waals surface area (Å²) < 4.78 is 16.3. The molecular weight excluding hydrogens is 418 g/mol. The zero-order valence-corrected chi connectivity index (χ0v) is 18.6. The number of fused-ring (bicyclic) bond motifs is 1. The van der Waals surface area contributed by atoms with Gasteiger partial charge >= 0.3 is 5.97 Å². The first-order valence-electron chi connectivity index (χ1n) is 9.74. The maximum atomic E-state index is 12.2. The molecule has 0 aliphatic heterocycles. The molecule has 4 rings (SSSR count). The normalized spacial score (nSPS) is 12.5. The number of thioether (sulfide) groups is 1. The molecule has 0 fully saturated rings. The van der Waals surface area contributed by atoms with E-state index in [-0.39, 0.29) is 12.6 Å². The van der Waals surface area contributed by atoms with E-state index in [1.54, 1.807) is 14.2 Å². The summed E-state index contributed by atoms with van der Waals surface area (Å²) in [5, 5.41) is 2.69. The van der Waals surface area contributed by atoms with E-state index < -0.39 is 0 Å². The number of carbonyl (C=O) groups is 1. The van der Waals surface area contributed by atoms with Crippen molar-refractivity contribution in [3.05, 3.63) is 58.6 Å². The van der Waals surface area contributed by atoms with E-state index in [2.05, 4.69) is 23.2 Å². The van der Waals surface area contributed by atoms with E-state index in [9.17, 15) is 4.79 Å². The van der Waals surface area contributed by atoms with Crippen molar-refractivity contribution in [2.45, 2.75) is 30.8 Å². The third-order valence-corrected chi connectivity index (χ3v) is 6.88. The minimum absolute atomic E-state index is 0.159. The molecule has 2 aromatic carbocycles. The molecule has 0 saturated carbocycles. The van der Waals surface area contributed by atoms with E-state index in [0.717, 1.165) is 27.6 Å². The topological polar surface area (TPSA) is 57.7 Å². The molecule has 0 spiro atoms. The van der Waals surface area contributed by atoms with Crippen LogP contribution in [0.5, 0.6) is 11.5 Å². The summed E-state index contributed by atoms with van der Waals surface area (Å²) in [6, 6.07) is 12.2. The van der Waals surface area contributed by atoms with Crippen molar-refractivity contribution in [1.29, 1.82) is 0 Å². The highest BCUT2D eigenvalue weighted by Crippen LogP contribution is 2.39. The third-order valence-electron chi connectivity index (χ3n) is 4.99. The van der Waals surface area contributed by atoms with Crippen molar-refractivity contribution in [2.24, 2.45) is 0 Å². The summed E-state index contributed by atoms with van der Waals surface area (Å²) in [6.07, 6.45) is 3.53. The lowest BCUT2D eigenvalue weighted by molar-refractivity contribution is -0.141. The van der Waals surface area contributed by atoms with Crippen LogP contribution >= 0.6 is 23.1 Å². The van der Waals surface area contributed by atoms with E-state index in [0.29, 0.717) is 17.3 Å². The number of hydrogen-bond donors (Lipinski definition) is 0. The molecular formula is C23H23NO4S2. The van der Waals surface area contributed by atoms with Crippen molar-refractivity contribution in [2.75, 3.05) is 20.0 Å². The number of thiazole rings is 1. The predicted molar refractivity (Wildman–Crippen MR) is 120 cm³/mol. The number of para-hydroxylation sites is 1. The summed E-state index contributed by atoms with van der Waals surface area (Å²) in [4.78, 5) is 17.9.